The molecule has 0 radical (unpaired) electrons. The van der Waals surface area contributed by atoms with Crippen LogP contribution in [0.25, 0.3) is 11.2 Å². The topological polar surface area (TPSA) is 184 Å². The lowest BCUT2D eigenvalue weighted by molar-refractivity contribution is -0.122. The van der Waals surface area contributed by atoms with Crippen LogP contribution in [0.3, 0.4) is 0 Å². The third-order valence-corrected chi connectivity index (χ3v) is 7.23. The molecule has 40 heavy (non-hydrogen) atoms. The summed E-state index contributed by atoms with van der Waals surface area (Å²) in [6.07, 6.45) is 1.70. The number of aromatic nitrogens is 4. The second-order valence-electron chi connectivity index (χ2n) is 9.89. The first-order chi connectivity index (χ1) is 19.2. The van der Waals surface area contributed by atoms with Gasteiger partial charge in [0.25, 0.3) is 0 Å². The Hall–Kier alpha value is -3.46. The number of carbonyl (C=O) groups excluding carboxylic acids is 1. The highest BCUT2D eigenvalue weighted by Crippen LogP contribution is 2.35. The Kier molecular flexibility index (Phi) is 9.79. The molecule has 2 aromatic heterocycles. The van der Waals surface area contributed by atoms with Gasteiger partial charge in [-0.1, -0.05) is 25.5 Å². The highest BCUT2D eigenvalue weighted by molar-refractivity contribution is 5.81. The lowest BCUT2D eigenvalue weighted by atomic mass is 9.90. The number of nitrogen functional groups attached to an aromatic ring is 1. The minimum Gasteiger partial charge on any atom is -0.435 e. The van der Waals surface area contributed by atoms with Gasteiger partial charge in [-0.15, -0.1) is 0 Å². The van der Waals surface area contributed by atoms with Gasteiger partial charge in [0.15, 0.2) is 17.7 Å². The molecule has 12 nitrogen and oxygen atoms in total. The monoisotopic (exact) mass is 563 g/mol. The molecular weight excluding hydrogens is 528 g/mol. The summed E-state index contributed by atoms with van der Waals surface area (Å²) in [6.45, 7) is -0.525. The molecule has 0 spiro atoms. The normalized spacial score (nSPS) is 22.5. The van der Waals surface area contributed by atoms with Crippen molar-refractivity contribution < 1.29 is 33.3 Å². The Labute approximate surface area is 229 Å². The van der Waals surface area contributed by atoms with Crippen LogP contribution in [0.1, 0.15) is 44.4 Å². The van der Waals surface area contributed by atoms with Crippen molar-refractivity contribution in [1.29, 1.82) is 0 Å². The third kappa shape index (κ3) is 6.99. The molecule has 3 heterocycles. The van der Waals surface area contributed by atoms with Crippen molar-refractivity contribution in [3.05, 3.63) is 42.5 Å². The number of halogens is 2. The molecule has 3 aromatic rings. The van der Waals surface area contributed by atoms with Crippen molar-refractivity contribution in [2.75, 3.05) is 12.3 Å². The number of anilines is 1. The van der Waals surface area contributed by atoms with Crippen LogP contribution in [-0.4, -0.2) is 73.1 Å². The van der Waals surface area contributed by atoms with E-state index < -0.39 is 37.2 Å². The van der Waals surface area contributed by atoms with Gasteiger partial charge in [0.2, 0.25) is 5.91 Å². The molecule has 1 aliphatic heterocycles. The summed E-state index contributed by atoms with van der Waals surface area (Å²) in [5.74, 6) is 0.0891. The number of benzene rings is 1. The van der Waals surface area contributed by atoms with Gasteiger partial charge < -0.3 is 36.5 Å². The van der Waals surface area contributed by atoms with Gasteiger partial charge in [0.05, 0.1) is 18.5 Å². The van der Waals surface area contributed by atoms with E-state index in [9.17, 15) is 23.8 Å². The number of rotatable bonds is 13. The molecule has 1 amide bonds. The summed E-state index contributed by atoms with van der Waals surface area (Å²) in [5, 5.41) is 24.2. The highest BCUT2D eigenvalue weighted by Gasteiger charge is 2.44. The van der Waals surface area contributed by atoms with Crippen molar-refractivity contribution >= 4 is 22.9 Å². The van der Waals surface area contributed by atoms with Crippen LogP contribution in [0.2, 0.25) is 0 Å². The molecule has 1 aromatic carbocycles. The lowest BCUT2D eigenvalue weighted by Gasteiger charge is -2.22. The number of nitrogens with one attached hydrogen (secondary N) is 1. The zero-order chi connectivity index (χ0) is 28.8. The van der Waals surface area contributed by atoms with E-state index in [1.165, 1.54) is 29.4 Å². The Morgan fingerprint density at radius 1 is 1.18 bits per heavy atom. The minimum absolute atomic E-state index is 0.0748. The van der Waals surface area contributed by atoms with Gasteiger partial charge in [0, 0.05) is 6.54 Å². The van der Waals surface area contributed by atoms with E-state index in [0.717, 1.165) is 12.0 Å². The van der Waals surface area contributed by atoms with Crippen LogP contribution in [-0.2, 0) is 16.0 Å². The fourth-order valence-corrected chi connectivity index (χ4v) is 4.87. The summed E-state index contributed by atoms with van der Waals surface area (Å²) in [7, 11) is 0. The molecule has 0 saturated carbocycles. The van der Waals surface area contributed by atoms with Crippen molar-refractivity contribution in [2.24, 2.45) is 11.7 Å². The average molecular weight is 564 g/mol. The van der Waals surface area contributed by atoms with Crippen LogP contribution in [0.4, 0.5) is 14.6 Å². The number of nitrogens with two attached hydrogens (primary N) is 2. The van der Waals surface area contributed by atoms with Crippen LogP contribution in [0, 0.1) is 5.92 Å². The van der Waals surface area contributed by atoms with Crippen molar-refractivity contribution in [1.82, 2.24) is 24.8 Å². The SMILES string of the molecule is CC[C@@H](CC[C@H](N)C(=O)NCCc1ccc(OC(F)F)cc1)C[C@H]1O[C@@H](n2cnc3c(N)ncnc32)C(O)[C@H]1O. The van der Waals surface area contributed by atoms with Crippen LogP contribution in [0.5, 0.6) is 5.75 Å². The third-order valence-electron chi connectivity index (χ3n) is 7.23. The molecule has 1 saturated heterocycles. The predicted molar refractivity (Wildman–Crippen MR) is 141 cm³/mol. The molecule has 0 bridgehead atoms. The summed E-state index contributed by atoms with van der Waals surface area (Å²) in [6, 6.07) is 5.51. The van der Waals surface area contributed by atoms with Crippen LogP contribution < -0.4 is 21.5 Å². The number of aliphatic hydroxyl groups excluding tert-OH is 2. The number of carbonyl (C=O) groups is 1. The van der Waals surface area contributed by atoms with Gasteiger partial charge >= 0.3 is 6.61 Å². The molecule has 0 aliphatic carbocycles. The zero-order valence-electron chi connectivity index (χ0n) is 22.1. The van der Waals surface area contributed by atoms with Gasteiger partial charge in [-0.3, -0.25) is 9.36 Å². The lowest BCUT2D eigenvalue weighted by Crippen LogP contribution is -2.41. The molecule has 1 unspecified atom stereocenters. The first-order valence-electron chi connectivity index (χ1n) is 13.2. The summed E-state index contributed by atoms with van der Waals surface area (Å²) < 4.78 is 36.4. The smallest absolute Gasteiger partial charge is 0.387 e. The first kappa shape index (κ1) is 29.5. The van der Waals surface area contributed by atoms with E-state index in [0.29, 0.717) is 43.4 Å². The molecule has 14 heteroatoms. The predicted octanol–water partition coefficient (Wildman–Crippen LogP) is 1.51. The fourth-order valence-electron chi connectivity index (χ4n) is 4.87. The van der Waals surface area contributed by atoms with Crippen LogP contribution >= 0.6 is 0 Å². The van der Waals surface area contributed by atoms with Gasteiger partial charge in [-0.2, -0.15) is 8.78 Å². The molecule has 1 aliphatic rings. The maximum absolute atomic E-state index is 12.5. The van der Waals surface area contributed by atoms with E-state index in [4.69, 9.17) is 16.2 Å². The number of alkyl halides is 2. The Balaban J connectivity index is 1.23. The summed E-state index contributed by atoms with van der Waals surface area (Å²) >= 11 is 0. The number of hydrogen-bond acceptors (Lipinski definition) is 10. The summed E-state index contributed by atoms with van der Waals surface area (Å²) in [5.41, 5.74) is 13.6. The number of amides is 1. The minimum atomic E-state index is -2.88. The number of aliphatic hydroxyl groups is 2. The second kappa shape index (κ2) is 13.3. The number of imidazole rings is 1. The second-order valence-corrected chi connectivity index (χ2v) is 9.89. The van der Waals surface area contributed by atoms with Gasteiger partial charge in [-0.25, -0.2) is 15.0 Å². The van der Waals surface area contributed by atoms with E-state index in [1.54, 1.807) is 12.1 Å². The van der Waals surface area contributed by atoms with Crippen LogP contribution in [0.15, 0.2) is 36.9 Å². The average Bonchev–Trinajstić information content (AvgIpc) is 3.48. The quantitative estimate of drug-likeness (QED) is 0.204. The van der Waals surface area contributed by atoms with Crippen molar-refractivity contribution in [2.45, 2.75) is 76.2 Å². The molecule has 7 N–H and O–H groups in total. The Bertz CT molecular complexity index is 1260. The van der Waals surface area contributed by atoms with Crippen molar-refractivity contribution in [3.63, 3.8) is 0 Å². The van der Waals surface area contributed by atoms with Gasteiger partial charge in [-0.05, 0) is 49.3 Å². The maximum atomic E-state index is 12.5. The standard InChI is InChI=1S/C26H35F2N7O5/c1-2-14(5-8-17(29)24(38)31-10-9-15-3-6-16(7-4-15)39-26(27)28)11-18-20(36)21(37)25(40-18)35-13-34-19-22(30)32-12-33-23(19)35/h3-4,6-7,12-14,17-18,20-21,25-26,36-37H,2,5,8-11,29H2,1H3,(H,31,38)(H2,30,32,33)/t14-,17-,18+,20-,21?,25+/m0/s1. The number of nitrogens with zero attached hydrogens (tertiary/aromatic N) is 4. The number of fused-ring (bicyclic) bond motifs is 1. The van der Waals surface area contributed by atoms with E-state index in [1.807, 2.05) is 6.92 Å². The maximum Gasteiger partial charge on any atom is 0.387 e. The molecule has 4 rings (SSSR count). The van der Waals surface area contributed by atoms with E-state index >= 15 is 0 Å². The number of hydrogen-bond donors (Lipinski definition) is 5. The summed E-state index contributed by atoms with van der Waals surface area (Å²) in [4.78, 5) is 24.8. The molecular formula is C26H35F2N7O5. The highest BCUT2D eigenvalue weighted by atomic mass is 19.3. The van der Waals surface area contributed by atoms with Crippen molar-refractivity contribution in [3.8, 4) is 5.75 Å². The number of ether oxygens (including phenoxy) is 2. The fraction of sp³-hybridized carbons (Fsp3) is 0.538. The molecule has 6 atom stereocenters. The Morgan fingerprint density at radius 2 is 1.93 bits per heavy atom. The first-order valence-corrected chi connectivity index (χ1v) is 13.2. The van der Waals surface area contributed by atoms with E-state index in [2.05, 4.69) is 25.0 Å². The van der Waals surface area contributed by atoms with E-state index in [-0.39, 0.29) is 23.4 Å². The Morgan fingerprint density at radius 3 is 2.62 bits per heavy atom. The molecule has 218 valence electrons. The zero-order valence-corrected chi connectivity index (χ0v) is 22.1. The largest absolute Gasteiger partial charge is 0.435 e. The van der Waals surface area contributed by atoms with Gasteiger partial charge in [0.1, 0.15) is 29.8 Å². The molecule has 1 fully saturated rings.